The Morgan fingerprint density at radius 1 is 1.12 bits per heavy atom. The topological polar surface area (TPSA) is 158 Å². The van der Waals surface area contributed by atoms with Crippen molar-refractivity contribution in [3.05, 3.63) is 57.6 Å². The van der Waals surface area contributed by atoms with Crippen LogP contribution in [0.15, 0.2) is 24.3 Å². The number of aliphatic hydroxyl groups excluding tert-OH is 1. The number of ketones is 3. The van der Waals surface area contributed by atoms with Gasteiger partial charge < -0.3 is 25.2 Å². The number of ether oxygens (including phenoxy) is 1. The second-order valence-corrected chi connectivity index (χ2v) is 8.17. The number of rotatable bonds is 3. The van der Waals surface area contributed by atoms with Crippen LogP contribution in [0.2, 0.25) is 0 Å². The molecule has 0 radical (unpaired) electrons. The highest BCUT2D eigenvalue weighted by Crippen LogP contribution is 2.52. The molecule has 0 saturated carbocycles. The minimum atomic E-state index is -2.04. The number of fused-ring (bicyclic) bond motifs is 3. The maximum atomic E-state index is 13.1. The van der Waals surface area contributed by atoms with Crippen molar-refractivity contribution in [3.63, 3.8) is 0 Å². The molecule has 0 saturated heterocycles. The Hall–Kier alpha value is -3.56. The van der Waals surface area contributed by atoms with E-state index in [9.17, 15) is 39.6 Å². The molecule has 0 heterocycles. The van der Waals surface area contributed by atoms with Crippen molar-refractivity contribution in [1.29, 1.82) is 0 Å². The lowest BCUT2D eigenvalue weighted by Gasteiger charge is -2.42. The van der Waals surface area contributed by atoms with Crippen LogP contribution in [0.4, 0.5) is 0 Å². The minimum absolute atomic E-state index is 0.0909. The van der Waals surface area contributed by atoms with Crippen molar-refractivity contribution in [3.8, 4) is 11.5 Å². The third kappa shape index (κ3) is 2.93. The normalized spacial score (nSPS) is 23.8. The molecule has 0 aromatic heterocycles. The monoisotopic (exact) mass is 440 g/mol. The summed E-state index contributed by atoms with van der Waals surface area (Å²) < 4.78 is 4.80. The Kier molecular flexibility index (Phi) is 4.91. The van der Waals surface area contributed by atoms with E-state index in [0.29, 0.717) is 0 Å². The van der Waals surface area contributed by atoms with E-state index in [1.165, 1.54) is 25.1 Å². The number of benzene rings is 2. The van der Waals surface area contributed by atoms with Gasteiger partial charge in [-0.2, -0.15) is 0 Å². The fourth-order valence-electron chi connectivity index (χ4n) is 4.85. The number of aliphatic hydroxyl groups is 2. The Labute approximate surface area is 181 Å². The summed E-state index contributed by atoms with van der Waals surface area (Å²) >= 11 is 0. The molecule has 4 N–H and O–H groups in total. The molecule has 3 atom stereocenters. The fourth-order valence-corrected chi connectivity index (χ4v) is 4.85. The lowest BCUT2D eigenvalue weighted by molar-refractivity contribution is -0.154. The summed E-state index contributed by atoms with van der Waals surface area (Å²) in [4.78, 5) is 50.7. The Bertz CT molecular complexity index is 1210. The fraction of sp³-hybridized carbons (Fsp3) is 0.304. The van der Waals surface area contributed by atoms with Crippen molar-refractivity contribution in [2.24, 2.45) is 0 Å². The highest BCUT2D eigenvalue weighted by atomic mass is 16.5. The molecule has 2 aliphatic carbocycles. The summed E-state index contributed by atoms with van der Waals surface area (Å²) in [6.45, 7) is 1.21. The number of phenolic OH excluding ortho intramolecular Hbond substituents is 2. The molecule has 4 rings (SSSR count). The van der Waals surface area contributed by atoms with E-state index in [2.05, 4.69) is 0 Å². The maximum Gasteiger partial charge on any atom is 0.316 e. The van der Waals surface area contributed by atoms with E-state index in [1.54, 1.807) is 0 Å². The van der Waals surface area contributed by atoms with Crippen LogP contribution in [0.1, 0.15) is 74.8 Å². The standard InChI is InChI=1S/C23H20O9/c1-9(24)7-23(31)8-14(26)16-11(18(23)22(30)32-2)6-12-17(21(16)29)20(28)15-10(19(12)27)4-3-5-13(15)25/h3-6,14,18,25-26,29,31H,7-8H2,1-2H3/t14-,18-,23-/m0/s1. The van der Waals surface area contributed by atoms with Gasteiger partial charge in [-0.1, -0.05) is 12.1 Å². The van der Waals surface area contributed by atoms with Crippen LogP contribution >= 0.6 is 0 Å². The number of esters is 1. The number of aromatic hydroxyl groups is 2. The molecule has 2 aromatic rings. The van der Waals surface area contributed by atoms with E-state index in [1.807, 2.05) is 0 Å². The van der Waals surface area contributed by atoms with E-state index < -0.39 is 70.8 Å². The van der Waals surface area contributed by atoms with Gasteiger partial charge in [0.15, 0.2) is 5.78 Å². The Balaban J connectivity index is 2.02. The molecule has 9 nitrogen and oxygen atoms in total. The van der Waals surface area contributed by atoms with E-state index in [0.717, 1.165) is 13.2 Å². The van der Waals surface area contributed by atoms with E-state index in [4.69, 9.17) is 4.74 Å². The van der Waals surface area contributed by atoms with Crippen molar-refractivity contribution in [1.82, 2.24) is 0 Å². The number of hydrogen-bond acceptors (Lipinski definition) is 9. The van der Waals surface area contributed by atoms with E-state index >= 15 is 0 Å². The summed E-state index contributed by atoms with van der Waals surface area (Å²) in [5, 5.41) is 43.0. The van der Waals surface area contributed by atoms with Crippen LogP contribution in [-0.2, 0) is 14.3 Å². The molecule has 0 amide bonds. The van der Waals surface area contributed by atoms with Gasteiger partial charge in [-0.15, -0.1) is 0 Å². The summed E-state index contributed by atoms with van der Waals surface area (Å²) in [5.74, 6) is -5.56. The molecular formula is C23H20O9. The van der Waals surface area contributed by atoms with Crippen LogP contribution in [0.3, 0.4) is 0 Å². The Morgan fingerprint density at radius 3 is 2.44 bits per heavy atom. The number of methoxy groups -OCH3 is 1. The second kappa shape index (κ2) is 7.25. The summed E-state index contributed by atoms with van der Waals surface area (Å²) in [5.41, 5.74) is -3.40. The van der Waals surface area contributed by atoms with Gasteiger partial charge in [0.1, 0.15) is 23.2 Å². The number of carbonyl (C=O) groups excluding carboxylic acids is 4. The summed E-state index contributed by atoms with van der Waals surface area (Å²) in [7, 11) is 1.08. The molecule has 0 bridgehead atoms. The van der Waals surface area contributed by atoms with Gasteiger partial charge in [0.05, 0.1) is 29.9 Å². The smallest absolute Gasteiger partial charge is 0.316 e. The molecule has 0 unspecified atom stereocenters. The maximum absolute atomic E-state index is 13.1. The second-order valence-electron chi connectivity index (χ2n) is 8.17. The van der Waals surface area contributed by atoms with Gasteiger partial charge in [0, 0.05) is 29.5 Å². The molecule has 2 aliphatic rings. The zero-order chi connectivity index (χ0) is 23.5. The van der Waals surface area contributed by atoms with Crippen molar-refractivity contribution < 1.29 is 44.3 Å². The first kappa shape index (κ1) is 21.7. The molecule has 0 spiro atoms. The lowest BCUT2D eigenvalue weighted by atomic mass is 9.66. The number of Topliss-reactive ketones (excluding diaryl/α,β-unsaturated/α-hetero) is 1. The van der Waals surface area contributed by atoms with Gasteiger partial charge in [0.2, 0.25) is 5.78 Å². The van der Waals surface area contributed by atoms with Crippen LogP contribution in [0.5, 0.6) is 11.5 Å². The number of carbonyl (C=O) groups is 4. The molecule has 166 valence electrons. The average molecular weight is 440 g/mol. The van der Waals surface area contributed by atoms with Gasteiger partial charge in [-0.05, 0) is 24.6 Å². The first-order valence-electron chi connectivity index (χ1n) is 9.80. The van der Waals surface area contributed by atoms with Gasteiger partial charge in [0.25, 0.3) is 0 Å². The first-order chi connectivity index (χ1) is 15.0. The lowest BCUT2D eigenvalue weighted by Crippen LogP contribution is -2.47. The summed E-state index contributed by atoms with van der Waals surface area (Å²) in [6.07, 6.45) is -2.52. The van der Waals surface area contributed by atoms with E-state index in [-0.39, 0.29) is 27.8 Å². The highest BCUT2D eigenvalue weighted by Gasteiger charge is 2.52. The van der Waals surface area contributed by atoms with Crippen LogP contribution in [0, 0.1) is 0 Å². The summed E-state index contributed by atoms with van der Waals surface area (Å²) in [6, 6.07) is 5.11. The predicted molar refractivity (Wildman–Crippen MR) is 108 cm³/mol. The highest BCUT2D eigenvalue weighted by molar-refractivity contribution is 6.30. The average Bonchev–Trinajstić information content (AvgIpc) is 2.70. The van der Waals surface area contributed by atoms with Gasteiger partial charge in [-0.25, -0.2) is 0 Å². The predicted octanol–water partition coefficient (Wildman–Crippen LogP) is 1.28. The molecular weight excluding hydrogens is 420 g/mol. The molecule has 2 aromatic carbocycles. The zero-order valence-electron chi connectivity index (χ0n) is 17.2. The number of hydrogen-bond donors (Lipinski definition) is 4. The zero-order valence-corrected chi connectivity index (χ0v) is 17.2. The first-order valence-corrected chi connectivity index (χ1v) is 9.80. The molecule has 0 fully saturated rings. The van der Waals surface area contributed by atoms with Crippen LogP contribution in [-0.4, -0.2) is 56.5 Å². The molecule has 32 heavy (non-hydrogen) atoms. The van der Waals surface area contributed by atoms with Crippen molar-refractivity contribution >= 4 is 23.3 Å². The van der Waals surface area contributed by atoms with Gasteiger partial charge >= 0.3 is 5.97 Å². The third-order valence-corrected chi connectivity index (χ3v) is 6.08. The van der Waals surface area contributed by atoms with Crippen LogP contribution in [0.25, 0.3) is 0 Å². The minimum Gasteiger partial charge on any atom is -0.507 e. The van der Waals surface area contributed by atoms with Crippen LogP contribution < -0.4 is 0 Å². The molecule has 0 aliphatic heterocycles. The Morgan fingerprint density at radius 2 is 1.81 bits per heavy atom. The van der Waals surface area contributed by atoms with Crippen molar-refractivity contribution in [2.45, 2.75) is 37.4 Å². The quantitative estimate of drug-likeness (QED) is 0.440. The van der Waals surface area contributed by atoms with Crippen molar-refractivity contribution in [2.75, 3.05) is 7.11 Å². The number of phenols is 2. The molecule has 9 heteroatoms. The van der Waals surface area contributed by atoms with Gasteiger partial charge in [-0.3, -0.25) is 19.2 Å². The SMILES string of the molecule is COC(=O)[C@@H]1c2cc3c(c(O)c2[C@@H](O)C[C@@]1(O)CC(C)=O)C(=O)c1c(O)cccc1C3=O. The third-order valence-electron chi connectivity index (χ3n) is 6.08. The largest absolute Gasteiger partial charge is 0.507 e.